The summed E-state index contributed by atoms with van der Waals surface area (Å²) in [6.45, 7) is 1.39. The van der Waals surface area contributed by atoms with Gasteiger partial charge in [0, 0.05) is 12.1 Å². The largest absolute Gasteiger partial charge is 0.271 e. The van der Waals surface area contributed by atoms with Crippen molar-refractivity contribution in [1.29, 1.82) is 0 Å². The SMILES string of the molecule is Cc1cc([N+](=O)[O-])cc(Cl)c1S(N)(=O)=O. The van der Waals surface area contributed by atoms with Crippen LogP contribution in [0, 0.1) is 17.0 Å². The number of aryl methyl sites for hydroxylation is 1. The molecule has 0 radical (unpaired) electrons. The molecule has 0 aromatic heterocycles. The zero-order valence-electron chi connectivity index (χ0n) is 7.60. The molecule has 0 amide bonds. The Balaban J connectivity index is 3.55. The minimum atomic E-state index is -3.96. The van der Waals surface area contributed by atoms with Crippen molar-refractivity contribution in [2.75, 3.05) is 0 Å². The summed E-state index contributed by atoms with van der Waals surface area (Å²) < 4.78 is 22.2. The van der Waals surface area contributed by atoms with Gasteiger partial charge in [-0.2, -0.15) is 0 Å². The molecule has 0 saturated heterocycles. The van der Waals surface area contributed by atoms with Gasteiger partial charge in [0.25, 0.3) is 5.69 Å². The Labute approximate surface area is 90.9 Å². The first-order chi connectivity index (χ1) is 6.73. The zero-order chi connectivity index (χ0) is 11.8. The summed E-state index contributed by atoms with van der Waals surface area (Å²) in [5.74, 6) is 0. The van der Waals surface area contributed by atoms with Crippen molar-refractivity contribution in [3.05, 3.63) is 32.8 Å². The van der Waals surface area contributed by atoms with Crippen molar-refractivity contribution in [3.8, 4) is 0 Å². The van der Waals surface area contributed by atoms with Crippen LogP contribution in [0.1, 0.15) is 5.56 Å². The van der Waals surface area contributed by atoms with Crippen molar-refractivity contribution in [2.45, 2.75) is 11.8 Å². The number of sulfonamides is 1. The predicted octanol–water partition coefficient (Wildman–Crippen LogP) is 1.20. The molecular formula is C7H7ClN2O4S. The minimum Gasteiger partial charge on any atom is -0.258 e. The Morgan fingerprint density at radius 2 is 2.00 bits per heavy atom. The number of nitrogens with two attached hydrogens (primary N) is 1. The van der Waals surface area contributed by atoms with Gasteiger partial charge >= 0.3 is 0 Å². The number of hydrogen-bond acceptors (Lipinski definition) is 4. The second-order valence-electron chi connectivity index (χ2n) is 2.88. The van der Waals surface area contributed by atoms with Gasteiger partial charge in [0.05, 0.1) is 9.95 Å². The molecule has 0 saturated carbocycles. The molecule has 0 fully saturated rings. The number of nitrogens with zero attached hydrogens (tertiary/aromatic N) is 1. The van der Waals surface area contributed by atoms with Crippen LogP contribution in [-0.2, 0) is 10.0 Å². The Hall–Kier alpha value is -1.18. The highest BCUT2D eigenvalue weighted by molar-refractivity contribution is 7.89. The molecule has 8 heteroatoms. The lowest BCUT2D eigenvalue weighted by molar-refractivity contribution is -0.384. The monoisotopic (exact) mass is 250 g/mol. The second kappa shape index (κ2) is 3.76. The van der Waals surface area contributed by atoms with E-state index in [0.717, 1.165) is 12.1 Å². The average molecular weight is 251 g/mol. The smallest absolute Gasteiger partial charge is 0.258 e. The lowest BCUT2D eigenvalue weighted by Gasteiger charge is -2.05. The highest BCUT2D eigenvalue weighted by Gasteiger charge is 2.20. The first-order valence-electron chi connectivity index (χ1n) is 3.71. The van der Waals surface area contributed by atoms with E-state index in [0.29, 0.717) is 0 Å². The molecule has 0 bridgehead atoms. The van der Waals surface area contributed by atoms with E-state index in [1.807, 2.05) is 0 Å². The fraction of sp³-hybridized carbons (Fsp3) is 0.143. The first-order valence-corrected chi connectivity index (χ1v) is 5.63. The van der Waals surface area contributed by atoms with E-state index >= 15 is 0 Å². The van der Waals surface area contributed by atoms with Gasteiger partial charge in [-0.1, -0.05) is 11.6 Å². The molecule has 1 aromatic carbocycles. The van der Waals surface area contributed by atoms with Crippen molar-refractivity contribution in [2.24, 2.45) is 5.14 Å². The normalized spacial score (nSPS) is 11.4. The molecule has 0 heterocycles. The van der Waals surface area contributed by atoms with E-state index in [2.05, 4.69) is 0 Å². The number of non-ortho nitro benzene ring substituents is 1. The molecular weight excluding hydrogens is 244 g/mol. The Morgan fingerprint density at radius 3 is 2.33 bits per heavy atom. The number of hydrogen-bond donors (Lipinski definition) is 1. The summed E-state index contributed by atoms with van der Waals surface area (Å²) in [6.07, 6.45) is 0. The van der Waals surface area contributed by atoms with Gasteiger partial charge in [-0.05, 0) is 12.5 Å². The fourth-order valence-electron chi connectivity index (χ4n) is 1.18. The Morgan fingerprint density at radius 1 is 1.47 bits per heavy atom. The third kappa shape index (κ3) is 2.44. The van der Waals surface area contributed by atoms with Crippen molar-refractivity contribution in [1.82, 2.24) is 0 Å². The summed E-state index contributed by atoms with van der Waals surface area (Å²) in [7, 11) is -3.96. The van der Waals surface area contributed by atoms with Crippen LogP contribution in [0.4, 0.5) is 5.69 Å². The van der Waals surface area contributed by atoms with Crippen LogP contribution in [0.15, 0.2) is 17.0 Å². The molecule has 1 aromatic rings. The van der Waals surface area contributed by atoms with E-state index in [-0.39, 0.29) is 21.2 Å². The quantitative estimate of drug-likeness (QED) is 0.629. The van der Waals surface area contributed by atoms with E-state index in [4.69, 9.17) is 16.7 Å². The maximum atomic E-state index is 11.1. The van der Waals surface area contributed by atoms with Gasteiger partial charge in [0.1, 0.15) is 4.90 Å². The van der Waals surface area contributed by atoms with Gasteiger partial charge in [-0.3, -0.25) is 10.1 Å². The summed E-state index contributed by atoms with van der Waals surface area (Å²) >= 11 is 5.60. The van der Waals surface area contributed by atoms with Crippen LogP contribution in [-0.4, -0.2) is 13.3 Å². The molecule has 0 aliphatic carbocycles. The molecule has 15 heavy (non-hydrogen) atoms. The summed E-state index contributed by atoms with van der Waals surface area (Å²) in [5, 5.41) is 15.1. The number of rotatable bonds is 2. The van der Waals surface area contributed by atoms with Crippen molar-refractivity contribution >= 4 is 27.3 Å². The van der Waals surface area contributed by atoms with Crippen molar-refractivity contribution in [3.63, 3.8) is 0 Å². The average Bonchev–Trinajstić information content (AvgIpc) is 1.99. The van der Waals surface area contributed by atoms with Gasteiger partial charge in [-0.15, -0.1) is 0 Å². The maximum Gasteiger partial charge on any atom is 0.271 e. The molecule has 2 N–H and O–H groups in total. The number of benzene rings is 1. The minimum absolute atomic E-state index is 0.150. The molecule has 0 atom stereocenters. The van der Waals surface area contributed by atoms with Crippen molar-refractivity contribution < 1.29 is 13.3 Å². The van der Waals surface area contributed by atoms with E-state index in [1.54, 1.807) is 0 Å². The maximum absolute atomic E-state index is 11.1. The summed E-state index contributed by atoms with van der Waals surface area (Å²) in [6, 6.07) is 2.06. The molecule has 0 aliphatic rings. The lowest BCUT2D eigenvalue weighted by Crippen LogP contribution is -2.14. The summed E-state index contributed by atoms with van der Waals surface area (Å²) in [4.78, 5) is 9.49. The summed E-state index contributed by atoms with van der Waals surface area (Å²) in [5.41, 5.74) is -0.124. The predicted molar refractivity (Wildman–Crippen MR) is 54.2 cm³/mol. The van der Waals surface area contributed by atoms with Gasteiger partial charge in [-0.25, -0.2) is 13.6 Å². The third-order valence-electron chi connectivity index (χ3n) is 1.71. The van der Waals surface area contributed by atoms with Gasteiger partial charge in [0.2, 0.25) is 10.0 Å². The number of halogens is 1. The number of primary sulfonamides is 1. The highest BCUT2D eigenvalue weighted by Crippen LogP contribution is 2.28. The van der Waals surface area contributed by atoms with Crippen LogP contribution in [0.3, 0.4) is 0 Å². The zero-order valence-corrected chi connectivity index (χ0v) is 9.17. The number of nitro groups is 1. The van der Waals surface area contributed by atoms with E-state index in [9.17, 15) is 18.5 Å². The highest BCUT2D eigenvalue weighted by atomic mass is 35.5. The molecule has 0 unspecified atom stereocenters. The van der Waals surface area contributed by atoms with Gasteiger partial charge < -0.3 is 0 Å². The van der Waals surface area contributed by atoms with Gasteiger partial charge in [0.15, 0.2) is 0 Å². The third-order valence-corrected chi connectivity index (χ3v) is 3.23. The molecule has 0 aliphatic heterocycles. The molecule has 0 spiro atoms. The molecule has 82 valence electrons. The van der Waals surface area contributed by atoms with Crippen LogP contribution in [0.2, 0.25) is 5.02 Å². The second-order valence-corrected chi connectivity index (χ2v) is 4.78. The topological polar surface area (TPSA) is 103 Å². The fourth-order valence-corrected chi connectivity index (χ4v) is 2.60. The van der Waals surface area contributed by atoms with E-state index in [1.165, 1.54) is 6.92 Å². The molecule has 1 rings (SSSR count). The van der Waals surface area contributed by atoms with Crippen LogP contribution < -0.4 is 5.14 Å². The van der Waals surface area contributed by atoms with E-state index < -0.39 is 14.9 Å². The first kappa shape index (κ1) is 11.9. The molecule has 6 nitrogen and oxygen atoms in total. The number of nitro benzene ring substituents is 1. The van der Waals surface area contributed by atoms with Crippen LogP contribution in [0.5, 0.6) is 0 Å². The standard InChI is InChI=1S/C7H7ClN2O4S/c1-4-2-5(10(11)12)3-6(8)7(4)15(9,13)14/h2-3H,1H3,(H2,9,13,14). The van der Waals surface area contributed by atoms with Crippen LogP contribution in [0.25, 0.3) is 0 Å². The Kier molecular flexibility index (Phi) is 2.98. The lowest BCUT2D eigenvalue weighted by atomic mass is 10.2. The van der Waals surface area contributed by atoms with Crippen LogP contribution >= 0.6 is 11.6 Å². The Bertz CT molecular complexity index is 503.